The van der Waals surface area contributed by atoms with Crippen LogP contribution in [-0.2, 0) is 38.1 Å². The first-order valence-electron chi connectivity index (χ1n) is 19.0. The smallest absolute Gasteiger partial charge is 0.408 e. The number of benzene rings is 2. The molecule has 3 heterocycles. The van der Waals surface area contributed by atoms with E-state index in [0.717, 1.165) is 0 Å². The zero-order chi connectivity index (χ0) is 41.9. The molecule has 0 aromatic heterocycles. The van der Waals surface area contributed by atoms with Gasteiger partial charge in [-0.1, -0.05) is 68.0 Å². The number of rotatable bonds is 9. The van der Waals surface area contributed by atoms with Gasteiger partial charge in [-0.25, -0.2) is 9.59 Å². The van der Waals surface area contributed by atoms with Crippen molar-refractivity contribution in [1.29, 1.82) is 0 Å². The van der Waals surface area contributed by atoms with E-state index in [1.54, 1.807) is 90.1 Å². The Morgan fingerprint density at radius 2 is 1.60 bits per heavy atom. The second-order valence-electron chi connectivity index (χ2n) is 17.1. The minimum Gasteiger partial charge on any atom is -0.453 e. The van der Waals surface area contributed by atoms with Crippen LogP contribution in [0.4, 0.5) is 4.79 Å². The van der Waals surface area contributed by atoms with Crippen molar-refractivity contribution < 1.29 is 63.0 Å². The first-order valence-corrected chi connectivity index (χ1v) is 19.0. The number of amides is 2. The van der Waals surface area contributed by atoms with Crippen LogP contribution in [0.15, 0.2) is 71.8 Å². The lowest BCUT2D eigenvalue weighted by Crippen LogP contribution is -2.79. The number of carbonyl (C=O) groups is 5. The zero-order valence-corrected chi connectivity index (χ0v) is 33.4. The van der Waals surface area contributed by atoms with Crippen molar-refractivity contribution in [1.82, 2.24) is 10.6 Å². The van der Waals surface area contributed by atoms with Gasteiger partial charge in [-0.15, -0.1) is 0 Å². The Labute approximate surface area is 331 Å². The van der Waals surface area contributed by atoms with Crippen molar-refractivity contribution in [3.8, 4) is 0 Å². The van der Waals surface area contributed by atoms with E-state index in [-0.39, 0.29) is 30.7 Å². The Bertz CT molecular complexity index is 1940. The van der Waals surface area contributed by atoms with E-state index in [4.69, 9.17) is 23.7 Å². The summed E-state index contributed by atoms with van der Waals surface area (Å²) in [4.78, 5) is 68.1. The minimum atomic E-state index is -2.47. The number of fused-ring (bicyclic) bond motifs is 5. The molecule has 2 aromatic rings. The normalized spacial score (nSPS) is 33.2. The van der Waals surface area contributed by atoms with E-state index in [2.05, 4.69) is 10.6 Å². The summed E-state index contributed by atoms with van der Waals surface area (Å²) in [5.41, 5.74) is -4.62. The van der Waals surface area contributed by atoms with Gasteiger partial charge in [0.05, 0.1) is 35.6 Å². The molecule has 1 aliphatic carbocycles. The molecule has 15 heteroatoms. The molecule has 0 spiro atoms. The minimum absolute atomic E-state index is 0.105. The summed E-state index contributed by atoms with van der Waals surface area (Å²) in [6.45, 7) is 12.1. The molecular formula is C42H52N2O13. The second-order valence-corrected chi connectivity index (χ2v) is 17.1. The van der Waals surface area contributed by atoms with E-state index in [9.17, 15) is 34.5 Å². The molecule has 10 atom stereocenters. The van der Waals surface area contributed by atoms with E-state index in [0.29, 0.717) is 11.1 Å². The zero-order valence-electron chi connectivity index (χ0n) is 33.4. The van der Waals surface area contributed by atoms with Crippen molar-refractivity contribution in [2.75, 3.05) is 13.2 Å². The first-order chi connectivity index (χ1) is 26.6. The quantitative estimate of drug-likeness (QED) is 0.140. The van der Waals surface area contributed by atoms with Crippen molar-refractivity contribution >= 4 is 29.7 Å². The predicted octanol–water partition coefficient (Wildman–Crippen LogP) is 3.06. The molecule has 308 valence electrons. The standard InChI is InChI=1S/C42H52N2O13/c1-22(20-43-35(49)30(47)29(24-15-11-9-12-16-24)44-37(51)57-38(3,4)5)28-31-33(48)40(8)26(46)19-27-41(21-53-27,55-23(2)45)32(40)34(42(52,56-31)39(28,6)7)54-36(50)25-17-13-10-14-18-25/h9-18,26-27,29-32,34,46-47,52H,19-21H2,1-8H3,(H,43,49)(H,44,51)/b28-22+/t26-,27+,29-,30+,31+,32-,34-,40+,41-,42+/m0/s1. The number of hydrogen-bond acceptors (Lipinski definition) is 13. The van der Waals surface area contributed by atoms with E-state index in [1.165, 1.54) is 26.0 Å². The van der Waals surface area contributed by atoms with Gasteiger partial charge in [0.1, 0.15) is 17.8 Å². The third-order valence-electron chi connectivity index (χ3n) is 11.9. The number of nitrogens with one attached hydrogen (secondary N) is 2. The number of ether oxygens (including phenoxy) is 5. The van der Waals surface area contributed by atoms with Crippen LogP contribution < -0.4 is 10.6 Å². The highest BCUT2D eigenvalue weighted by Gasteiger charge is 2.80. The number of ketones is 1. The highest BCUT2D eigenvalue weighted by molar-refractivity contribution is 5.95. The molecule has 2 amide bonds. The first kappa shape index (κ1) is 41.9. The Kier molecular flexibility index (Phi) is 11.0. The second kappa shape index (κ2) is 14.9. The lowest BCUT2D eigenvalue weighted by molar-refractivity contribution is -0.356. The lowest BCUT2D eigenvalue weighted by atomic mass is 9.49. The van der Waals surface area contributed by atoms with Crippen molar-refractivity contribution in [2.24, 2.45) is 16.7 Å². The molecule has 0 radical (unpaired) electrons. The van der Waals surface area contributed by atoms with Gasteiger partial charge in [-0.05, 0) is 57.9 Å². The molecule has 4 fully saturated rings. The number of Topliss-reactive ketones (excluding diaryl/α,β-unsaturated/α-hetero) is 1. The van der Waals surface area contributed by atoms with Gasteiger partial charge in [0.15, 0.2) is 23.6 Å². The fraction of sp³-hybridized carbons (Fsp3) is 0.548. The van der Waals surface area contributed by atoms with Gasteiger partial charge in [0.2, 0.25) is 5.79 Å². The SMILES string of the molecule is CC(=O)O[C@@]12CO[C@@H]1C[C@H](O)[C@@]1(C)C(=O)[C@@H]3O[C@](O)([C@@H](OC(=O)c4ccccc4)[C@H]21)C(C)(C)/C3=C(\C)CNC(=O)[C@H](O)[C@@H](NC(=O)OC(C)(C)C)c1ccccc1. The number of alkyl carbamates (subject to hydrolysis) is 1. The Morgan fingerprint density at radius 3 is 2.16 bits per heavy atom. The number of aliphatic hydroxyl groups excluding tert-OH is 2. The molecule has 2 aromatic carbocycles. The molecule has 4 aliphatic rings. The van der Waals surface area contributed by atoms with Crippen LogP contribution in [0, 0.1) is 16.7 Å². The fourth-order valence-electron chi connectivity index (χ4n) is 9.10. The summed E-state index contributed by atoms with van der Waals surface area (Å²) in [5.74, 6) is -6.90. The van der Waals surface area contributed by atoms with Gasteiger partial charge in [0.25, 0.3) is 5.91 Å². The Morgan fingerprint density at radius 1 is 0.982 bits per heavy atom. The fourth-order valence-corrected chi connectivity index (χ4v) is 9.10. The number of esters is 2. The van der Waals surface area contributed by atoms with Gasteiger partial charge >= 0.3 is 18.0 Å². The van der Waals surface area contributed by atoms with Crippen LogP contribution in [0.25, 0.3) is 0 Å². The molecule has 5 N–H and O–H groups in total. The van der Waals surface area contributed by atoms with Gasteiger partial charge in [0, 0.05) is 25.3 Å². The highest BCUT2D eigenvalue weighted by atomic mass is 16.7. The summed E-state index contributed by atoms with van der Waals surface area (Å²) in [5, 5.41) is 41.4. The largest absolute Gasteiger partial charge is 0.453 e. The average Bonchev–Trinajstić information content (AvgIpc) is 3.32. The van der Waals surface area contributed by atoms with Crippen molar-refractivity contribution in [3.63, 3.8) is 0 Å². The Balaban J connectivity index is 1.38. The molecule has 3 saturated heterocycles. The van der Waals surface area contributed by atoms with Crippen molar-refractivity contribution in [2.45, 2.75) is 115 Å². The van der Waals surface area contributed by atoms with Crippen LogP contribution in [0.3, 0.4) is 0 Å². The molecule has 2 bridgehead atoms. The van der Waals surface area contributed by atoms with E-state index in [1.807, 2.05) is 0 Å². The molecule has 3 aliphatic heterocycles. The van der Waals surface area contributed by atoms with Crippen LogP contribution in [0.1, 0.15) is 83.8 Å². The average molecular weight is 793 g/mol. The Hall–Kier alpha value is -4.67. The third-order valence-corrected chi connectivity index (χ3v) is 11.9. The molecule has 1 saturated carbocycles. The summed E-state index contributed by atoms with van der Waals surface area (Å²) in [6, 6.07) is 15.2. The van der Waals surface area contributed by atoms with Gasteiger partial charge in [-0.3, -0.25) is 14.4 Å². The molecular weight excluding hydrogens is 740 g/mol. The monoisotopic (exact) mass is 792 g/mol. The predicted molar refractivity (Wildman–Crippen MR) is 201 cm³/mol. The van der Waals surface area contributed by atoms with E-state index >= 15 is 4.79 Å². The lowest BCUT2D eigenvalue weighted by Gasteiger charge is -2.63. The van der Waals surface area contributed by atoms with Crippen molar-refractivity contribution in [3.05, 3.63) is 82.9 Å². The van der Waals surface area contributed by atoms with E-state index < -0.39 is 100 Å². The van der Waals surface area contributed by atoms with Gasteiger partial charge in [-0.2, -0.15) is 0 Å². The highest BCUT2D eigenvalue weighted by Crippen LogP contribution is 2.65. The molecule has 15 nitrogen and oxygen atoms in total. The van der Waals surface area contributed by atoms with Crippen LogP contribution in [-0.4, -0.2) is 106 Å². The van der Waals surface area contributed by atoms with Crippen LogP contribution in [0.2, 0.25) is 0 Å². The summed E-state index contributed by atoms with van der Waals surface area (Å²) >= 11 is 0. The number of carbonyl (C=O) groups excluding carboxylic acids is 5. The third kappa shape index (κ3) is 7.13. The van der Waals surface area contributed by atoms with Gasteiger partial charge < -0.3 is 49.6 Å². The van der Waals surface area contributed by atoms with Crippen LogP contribution >= 0.6 is 0 Å². The summed E-state index contributed by atoms with van der Waals surface area (Å²) in [6.07, 6.45) is -8.29. The summed E-state index contributed by atoms with van der Waals surface area (Å²) < 4.78 is 29.7. The summed E-state index contributed by atoms with van der Waals surface area (Å²) in [7, 11) is 0. The van der Waals surface area contributed by atoms with Crippen LogP contribution in [0.5, 0.6) is 0 Å². The molecule has 0 unspecified atom stereocenters. The number of aliphatic hydroxyl groups is 3. The maximum Gasteiger partial charge on any atom is 0.408 e. The molecule has 57 heavy (non-hydrogen) atoms. The maximum absolute atomic E-state index is 15.1. The number of hydrogen-bond donors (Lipinski definition) is 5. The molecule has 6 rings (SSSR count). The maximum atomic E-state index is 15.1. The topological polar surface area (TPSA) is 216 Å².